The van der Waals surface area contributed by atoms with E-state index in [4.69, 9.17) is 0 Å². The third-order valence-corrected chi connectivity index (χ3v) is 3.91. The molecule has 1 aromatic carbocycles. The highest BCUT2D eigenvalue weighted by Gasteiger charge is 2.13. The third-order valence-electron chi connectivity index (χ3n) is 3.33. The third kappa shape index (κ3) is 3.17. The van der Waals surface area contributed by atoms with Gasteiger partial charge < -0.3 is 4.98 Å². The van der Waals surface area contributed by atoms with E-state index >= 15 is 0 Å². The van der Waals surface area contributed by atoms with Crippen LogP contribution in [-0.2, 0) is 6.54 Å². The lowest BCUT2D eigenvalue weighted by molar-refractivity contribution is 0.687. The summed E-state index contributed by atoms with van der Waals surface area (Å²) in [7, 11) is 0. The van der Waals surface area contributed by atoms with Crippen molar-refractivity contribution in [3.05, 3.63) is 64.2 Å². The van der Waals surface area contributed by atoms with Gasteiger partial charge >= 0.3 is 0 Å². The zero-order valence-corrected chi connectivity index (χ0v) is 13.2. The molecule has 0 unspecified atom stereocenters. The van der Waals surface area contributed by atoms with Crippen LogP contribution in [0.3, 0.4) is 0 Å². The molecule has 0 radical (unpaired) electrons. The molecule has 0 spiro atoms. The van der Waals surface area contributed by atoms with E-state index < -0.39 is 5.56 Å². The molecule has 6 nitrogen and oxygen atoms in total. The number of H-pyrrole nitrogens is 1. The molecule has 0 atom stereocenters. The Morgan fingerprint density at radius 1 is 1.35 bits per heavy atom. The van der Waals surface area contributed by atoms with Crippen molar-refractivity contribution in [1.29, 1.82) is 5.26 Å². The average Bonchev–Trinajstić information content (AvgIpc) is 3.07. The van der Waals surface area contributed by atoms with Crippen LogP contribution in [0.25, 0.3) is 11.3 Å². The minimum absolute atomic E-state index is 0.0302. The van der Waals surface area contributed by atoms with Crippen molar-refractivity contribution < 1.29 is 0 Å². The van der Waals surface area contributed by atoms with Crippen LogP contribution in [-0.4, -0.2) is 26.0 Å². The van der Waals surface area contributed by atoms with Gasteiger partial charge in [-0.3, -0.25) is 9.48 Å². The predicted molar refractivity (Wildman–Crippen MR) is 88.1 cm³/mol. The van der Waals surface area contributed by atoms with E-state index in [2.05, 4.69) is 15.1 Å². The molecular formula is C16H13N5OS. The van der Waals surface area contributed by atoms with Crippen molar-refractivity contribution >= 4 is 11.8 Å². The number of nitrogens with one attached hydrogen (secondary N) is 1. The van der Waals surface area contributed by atoms with E-state index in [1.165, 1.54) is 11.8 Å². The molecule has 3 aromatic rings. The Hall–Kier alpha value is -2.85. The lowest BCUT2D eigenvalue weighted by Crippen LogP contribution is -2.14. The van der Waals surface area contributed by atoms with Crippen molar-refractivity contribution in [2.75, 3.05) is 6.26 Å². The summed E-state index contributed by atoms with van der Waals surface area (Å²) in [6.45, 7) is 0.664. The Morgan fingerprint density at radius 3 is 2.74 bits per heavy atom. The van der Waals surface area contributed by atoms with Gasteiger partial charge in [-0.15, -0.1) is 0 Å². The molecule has 0 aliphatic rings. The fourth-order valence-electron chi connectivity index (χ4n) is 2.21. The highest BCUT2D eigenvalue weighted by atomic mass is 32.2. The molecule has 0 aliphatic carbocycles. The summed E-state index contributed by atoms with van der Waals surface area (Å²) in [5.41, 5.74) is 1.84. The predicted octanol–water partition coefficient (Wildman–Crippen LogP) is 2.28. The van der Waals surface area contributed by atoms with E-state index in [1.807, 2.05) is 53.5 Å². The number of nitrogens with zero attached hydrogens (tertiary/aromatic N) is 4. The monoisotopic (exact) mass is 323 g/mol. The summed E-state index contributed by atoms with van der Waals surface area (Å²) in [5, 5.41) is 13.9. The SMILES string of the molecule is CSc1nc(-c2ccc(Cn3cccn3)cc2)c(C#N)c(=O)[nH]1. The number of hydrogen-bond donors (Lipinski definition) is 1. The summed E-state index contributed by atoms with van der Waals surface area (Å²) >= 11 is 1.33. The van der Waals surface area contributed by atoms with Gasteiger partial charge in [0, 0.05) is 18.0 Å². The first-order valence-corrected chi connectivity index (χ1v) is 8.09. The zero-order chi connectivity index (χ0) is 16.2. The first-order chi connectivity index (χ1) is 11.2. The minimum atomic E-state index is -0.414. The molecule has 2 heterocycles. The van der Waals surface area contributed by atoms with Gasteiger partial charge in [0.25, 0.3) is 5.56 Å². The number of thioether (sulfide) groups is 1. The molecule has 1 N–H and O–H groups in total. The van der Waals surface area contributed by atoms with Crippen LogP contribution < -0.4 is 5.56 Å². The van der Waals surface area contributed by atoms with E-state index in [1.54, 1.807) is 6.20 Å². The highest BCUT2D eigenvalue weighted by molar-refractivity contribution is 7.98. The number of rotatable bonds is 4. The van der Waals surface area contributed by atoms with Gasteiger partial charge in [0.1, 0.15) is 11.6 Å². The Kier molecular flexibility index (Phi) is 4.26. The average molecular weight is 323 g/mol. The van der Waals surface area contributed by atoms with Crippen LogP contribution in [0.4, 0.5) is 0 Å². The van der Waals surface area contributed by atoms with E-state index in [9.17, 15) is 10.1 Å². The molecule has 0 saturated carbocycles. The second-order valence-corrected chi connectivity index (χ2v) is 5.61. The number of aromatic amines is 1. The van der Waals surface area contributed by atoms with Gasteiger partial charge in [0.05, 0.1) is 12.2 Å². The maximum absolute atomic E-state index is 12.0. The zero-order valence-electron chi connectivity index (χ0n) is 12.4. The molecule has 7 heteroatoms. The van der Waals surface area contributed by atoms with Gasteiger partial charge in [-0.2, -0.15) is 10.4 Å². The smallest absolute Gasteiger partial charge is 0.270 e. The van der Waals surface area contributed by atoms with Gasteiger partial charge in [-0.05, 0) is 17.9 Å². The van der Waals surface area contributed by atoms with Crippen LogP contribution in [0.1, 0.15) is 11.1 Å². The van der Waals surface area contributed by atoms with E-state index in [0.717, 1.165) is 11.1 Å². The minimum Gasteiger partial charge on any atom is -0.300 e. The van der Waals surface area contributed by atoms with Gasteiger partial charge in [0.2, 0.25) is 0 Å². The fourth-order valence-corrected chi connectivity index (χ4v) is 2.59. The quantitative estimate of drug-likeness (QED) is 0.588. The van der Waals surface area contributed by atoms with Crippen molar-refractivity contribution in [3.8, 4) is 17.3 Å². The summed E-state index contributed by atoms with van der Waals surface area (Å²) in [5.74, 6) is 0. The Labute approximate surface area is 136 Å². The Bertz CT molecular complexity index is 907. The van der Waals surface area contributed by atoms with E-state index in [-0.39, 0.29) is 5.56 Å². The molecular weight excluding hydrogens is 310 g/mol. The van der Waals surface area contributed by atoms with Crippen LogP contribution >= 0.6 is 11.8 Å². The van der Waals surface area contributed by atoms with Gasteiger partial charge in [-0.1, -0.05) is 36.0 Å². The maximum atomic E-state index is 12.0. The summed E-state index contributed by atoms with van der Waals surface area (Å²) in [6.07, 6.45) is 5.45. The van der Waals surface area contributed by atoms with Crippen LogP contribution in [0.5, 0.6) is 0 Å². The van der Waals surface area contributed by atoms with Crippen molar-refractivity contribution in [2.24, 2.45) is 0 Å². The largest absolute Gasteiger partial charge is 0.300 e. The first-order valence-electron chi connectivity index (χ1n) is 6.86. The van der Waals surface area contributed by atoms with Crippen molar-refractivity contribution in [1.82, 2.24) is 19.7 Å². The molecule has 0 bridgehead atoms. The molecule has 23 heavy (non-hydrogen) atoms. The van der Waals surface area contributed by atoms with Crippen LogP contribution in [0, 0.1) is 11.3 Å². The second kappa shape index (κ2) is 6.50. The molecule has 0 amide bonds. The number of hydrogen-bond acceptors (Lipinski definition) is 5. The summed E-state index contributed by atoms with van der Waals surface area (Å²) in [6, 6.07) is 11.4. The van der Waals surface area contributed by atoms with E-state index in [0.29, 0.717) is 17.4 Å². The number of aromatic nitrogens is 4. The summed E-state index contributed by atoms with van der Waals surface area (Å²) < 4.78 is 1.83. The van der Waals surface area contributed by atoms with Gasteiger partial charge in [0.15, 0.2) is 5.16 Å². The van der Waals surface area contributed by atoms with Crippen LogP contribution in [0.2, 0.25) is 0 Å². The second-order valence-electron chi connectivity index (χ2n) is 4.81. The molecule has 0 aliphatic heterocycles. The molecule has 0 saturated heterocycles. The Morgan fingerprint density at radius 2 is 2.13 bits per heavy atom. The molecule has 0 fully saturated rings. The Balaban J connectivity index is 1.97. The van der Waals surface area contributed by atoms with Crippen molar-refractivity contribution in [3.63, 3.8) is 0 Å². The van der Waals surface area contributed by atoms with Crippen molar-refractivity contribution in [2.45, 2.75) is 11.7 Å². The van der Waals surface area contributed by atoms with Crippen LogP contribution in [0.15, 0.2) is 52.7 Å². The number of nitriles is 1. The highest BCUT2D eigenvalue weighted by Crippen LogP contribution is 2.21. The lowest BCUT2D eigenvalue weighted by Gasteiger charge is -2.07. The maximum Gasteiger partial charge on any atom is 0.270 e. The lowest BCUT2D eigenvalue weighted by atomic mass is 10.1. The number of benzene rings is 1. The van der Waals surface area contributed by atoms with Gasteiger partial charge in [-0.25, -0.2) is 4.98 Å². The fraction of sp³-hybridized carbons (Fsp3) is 0.125. The normalized spacial score (nSPS) is 10.4. The first kappa shape index (κ1) is 15.1. The topological polar surface area (TPSA) is 87.4 Å². The standard InChI is InChI=1S/C16H13N5OS/c1-23-16-19-14(13(9-17)15(22)20-16)12-5-3-11(4-6-12)10-21-8-2-7-18-21/h2-8H,10H2,1H3,(H,19,20,22). The molecule has 3 rings (SSSR count). The summed E-state index contributed by atoms with van der Waals surface area (Å²) in [4.78, 5) is 18.9. The molecule has 2 aromatic heterocycles. The molecule has 114 valence electrons.